The Kier molecular flexibility index (Phi) is 3.81. The average Bonchev–Trinajstić information content (AvgIpc) is 2.46. The number of hydrogen-bond donors (Lipinski definition) is 1. The quantitative estimate of drug-likeness (QED) is 0.408. The number of alkyl halides is 1. The van der Waals surface area contributed by atoms with Crippen LogP contribution in [0.4, 0.5) is 5.69 Å². The molecule has 0 radical (unpaired) electrons. The van der Waals surface area contributed by atoms with Gasteiger partial charge in [0.2, 0.25) is 0 Å². The second-order valence-corrected chi connectivity index (χ2v) is 7.93. The largest absolute Gasteiger partial charge is 0.398 e. The molecule has 2 nitrogen and oxygen atoms in total. The number of nitrogen functional groups attached to an aromatic ring is 1. The molecule has 0 spiro atoms. The van der Waals surface area contributed by atoms with Crippen LogP contribution < -0.4 is 5.73 Å². The molecule has 0 saturated heterocycles. The fourth-order valence-electron chi connectivity index (χ4n) is 4.09. The summed E-state index contributed by atoms with van der Waals surface area (Å²) in [6.07, 6.45) is 7.10. The molecule has 1 aromatic carbocycles. The Morgan fingerprint density at radius 2 is 2.18 bits per heavy atom. The van der Waals surface area contributed by atoms with E-state index in [0.717, 1.165) is 34.5 Å². The standard InChI is InChI=1S/C18H18ClIN2/c19-13-1-2-14-15(9-13)22-16-8-11-5-10(3-4-20)6-12(7-11)17(16)18(14)21/h1-2,5,9,11-12H,3-4,6-8H2,(H2,21,22)/i20-4. The molecule has 2 aliphatic carbocycles. The summed E-state index contributed by atoms with van der Waals surface area (Å²) in [6.45, 7) is 0. The number of fused-ring (bicyclic) bond motifs is 5. The first-order chi connectivity index (χ1) is 10.7. The van der Waals surface area contributed by atoms with Gasteiger partial charge in [0.1, 0.15) is 0 Å². The molecule has 2 bridgehead atoms. The van der Waals surface area contributed by atoms with Gasteiger partial charge in [0.05, 0.1) is 5.52 Å². The van der Waals surface area contributed by atoms with Gasteiger partial charge in [-0.15, -0.1) is 0 Å². The van der Waals surface area contributed by atoms with Crippen LogP contribution >= 0.6 is 34.2 Å². The predicted octanol–water partition coefficient (Wildman–Crippen LogP) is 5.27. The molecule has 0 fully saturated rings. The van der Waals surface area contributed by atoms with Crippen LogP contribution in [0.25, 0.3) is 10.9 Å². The first-order valence-electron chi connectivity index (χ1n) is 7.78. The van der Waals surface area contributed by atoms with Crippen LogP contribution in [-0.2, 0) is 6.42 Å². The number of halogens is 2. The molecular formula is C18H18ClIN2. The summed E-state index contributed by atoms with van der Waals surface area (Å²) in [5, 5.41) is 1.77. The zero-order valence-electron chi connectivity index (χ0n) is 12.3. The molecule has 2 unspecified atom stereocenters. The van der Waals surface area contributed by atoms with Gasteiger partial charge >= 0.3 is 0 Å². The number of aromatic nitrogens is 1. The number of anilines is 1. The third kappa shape index (κ3) is 2.42. The molecule has 0 saturated carbocycles. The highest BCUT2D eigenvalue weighted by atomic mass is 123. The zero-order valence-corrected chi connectivity index (χ0v) is 15.2. The highest BCUT2D eigenvalue weighted by Gasteiger charge is 2.33. The number of nitrogens with two attached hydrogens (primary N) is 1. The minimum atomic E-state index is 0.546. The van der Waals surface area contributed by atoms with Crippen molar-refractivity contribution in [1.82, 2.24) is 4.98 Å². The van der Waals surface area contributed by atoms with Crippen molar-refractivity contribution in [3.8, 4) is 0 Å². The van der Waals surface area contributed by atoms with E-state index in [1.165, 1.54) is 28.5 Å². The van der Waals surface area contributed by atoms with Gasteiger partial charge in [0.25, 0.3) is 0 Å². The SMILES string of the molecule is Nc1c2c(nc3cc(Cl)ccc13)CC1C=C(CC[123I])CC2C1. The van der Waals surface area contributed by atoms with E-state index < -0.39 is 0 Å². The minimum absolute atomic E-state index is 0.546. The van der Waals surface area contributed by atoms with E-state index in [-0.39, 0.29) is 0 Å². The molecule has 1 aromatic heterocycles. The fraction of sp³-hybridized carbons (Fsp3) is 0.389. The summed E-state index contributed by atoms with van der Waals surface area (Å²) >= 11 is 8.58. The van der Waals surface area contributed by atoms with E-state index in [4.69, 9.17) is 22.3 Å². The van der Waals surface area contributed by atoms with Crippen molar-refractivity contribution in [3.63, 3.8) is 0 Å². The Morgan fingerprint density at radius 3 is 3.00 bits per heavy atom. The Hall–Kier alpha value is -0.810. The predicted molar refractivity (Wildman–Crippen MR) is 102 cm³/mol. The normalized spacial score (nSPS) is 23.3. The number of hydrogen-bond acceptors (Lipinski definition) is 2. The van der Waals surface area contributed by atoms with Crippen LogP contribution in [0.1, 0.15) is 36.4 Å². The van der Waals surface area contributed by atoms with E-state index in [1.54, 1.807) is 5.57 Å². The van der Waals surface area contributed by atoms with Gasteiger partial charge in [-0.25, -0.2) is 0 Å². The summed E-state index contributed by atoms with van der Waals surface area (Å²) in [7, 11) is 0. The molecule has 1 heterocycles. The molecule has 2 aromatic rings. The number of pyridine rings is 1. The molecule has 2 N–H and O–H groups in total. The lowest BCUT2D eigenvalue weighted by molar-refractivity contribution is 0.429. The minimum Gasteiger partial charge on any atom is -0.398 e. The smallest absolute Gasteiger partial charge is 0.0741 e. The van der Waals surface area contributed by atoms with Gasteiger partial charge in [0, 0.05) is 31.8 Å². The number of nitrogens with zero attached hydrogens (tertiary/aromatic N) is 1. The maximum absolute atomic E-state index is 6.54. The van der Waals surface area contributed by atoms with Crippen LogP contribution in [0.5, 0.6) is 0 Å². The summed E-state index contributed by atoms with van der Waals surface area (Å²) < 4.78 is 1.19. The molecule has 4 heteroatoms. The van der Waals surface area contributed by atoms with Crippen LogP contribution in [-0.4, -0.2) is 9.41 Å². The lowest BCUT2D eigenvalue weighted by Gasteiger charge is -2.36. The Morgan fingerprint density at radius 1 is 1.32 bits per heavy atom. The van der Waals surface area contributed by atoms with Crippen molar-refractivity contribution in [3.05, 3.63) is 46.1 Å². The van der Waals surface area contributed by atoms with Crippen molar-refractivity contribution in [1.29, 1.82) is 0 Å². The Labute approximate surface area is 149 Å². The Balaban J connectivity index is 1.85. The van der Waals surface area contributed by atoms with Gasteiger partial charge in [0.15, 0.2) is 0 Å². The fourth-order valence-corrected chi connectivity index (χ4v) is 4.95. The summed E-state index contributed by atoms with van der Waals surface area (Å²) in [5.41, 5.74) is 12.5. The van der Waals surface area contributed by atoms with Crippen molar-refractivity contribution < 1.29 is 0 Å². The first kappa shape index (κ1) is 14.8. The van der Waals surface area contributed by atoms with Crippen molar-refractivity contribution in [2.75, 3.05) is 10.2 Å². The van der Waals surface area contributed by atoms with E-state index in [2.05, 4.69) is 28.7 Å². The molecular weight excluding hydrogens is 403 g/mol. The number of allylic oxidation sites excluding steroid dienone is 2. The summed E-state index contributed by atoms with van der Waals surface area (Å²) in [5.74, 6) is 1.18. The van der Waals surface area contributed by atoms with Crippen LogP contribution in [0, 0.1) is 5.92 Å². The summed E-state index contributed by atoms with van der Waals surface area (Å²) in [6, 6.07) is 5.84. The first-order valence-corrected chi connectivity index (χ1v) is 9.69. The number of rotatable bonds is 2. The van der Waals surface area contributed by atoms with E-state index in [9.17, 15) is 0 Å². The second-order valence-electron chi connectivity index (χ2n) is 6.41. The third-order valence-electron chi connectivity index (χ3n) is 4.95. The van der Waals surface area contributed by atoms with Crippen molar-refractivity contribution in [2.45, 2.75) is 31.6 Å². The highest BCUT2D eigenvalue weighted by Crippen LogP contribution is 2.47. The lowest BCUT2D eigenvalue weighted by atomic mass is 9.70. The highest BCUT2D eigenvalue weighted by molar-refractivity contribution is 14.1. The third-order valence-corrected chi connectivity index (χ3v) is 5.73. The topological polar surface area (TPSA) is 38.9 Å². The van der Waals surface area contributed by atoms with Crippen molar-refractivity contribution >= 4 is 50.8 Å². The molecule has 0 aliphatic heterocycles. The molecule has 0 amide bonds. The van der Waals surface area contributed by atoms with Gasteiger partial charge in [-0.2, -0.15) is 0 Å². The molecule has 114 valence electrons. The molecule has 22 heavy (non-hydrogen) atoms. The van der Waals surface area contributed by atoms with E-state index in [0.29, 0.717) is 11.8 Å². The maximum Gasteiger partial charge on any atom is 0.0741 e. The second kappa shape index (κ2) is 5.68. The van der Waals surface area contributed by atoms with Crippen LogP contribution in [0.3, 0.4) is 0 Å². The van der Waals surface area contributed by atoms with E-state index >= 15 is 0 Å². The number of benzene rings is 1. The van der Waals surface area contributed by atoms with Crippen LogP contribution in [0.2, 0.25) is 5.02 Å². The molecule has 4 rings (SSSR count). The van der Waals surface area contributed by atoms with Crippen molar-refractivity contribution in [2.24, 2.45) is 5.92 Å². The van der Waals surface area contributed by atoms with Gasteiger partial charge in [-0.3, -0.25) is 4.98 Å². The van der Waals surface area contributed by atoms with E-state index in [1.807, 2.05) is 18.2 Å². The monoisotopic (exact) mass is 420 g/mol. The van der Waals surface area contributed by atoms with Gasteiger partial charge in [-0.1, -0.05) is 45.8 Å². The molecule has 2 atom stereocenters. The average molecular weight is 421 g/mol. The lowest BCUT2D eigenvalue weighted by Crippen LogP contribution is -2.24. The van der Waals surface area contributed by atoms with Gasteiger partial charge in [-0.05, 0) is 55.7 Å². The zero-order chi connectivity index (χ0) is 15.3. The summed E-state index contributed by atoms with van der Waals surface area (Å²) in [4.78, 5) is 4.90. The molecule has 2 aliphatic rings. The Bertz CT molecular complexity index is 784. The maximum atomic E-state index is 6.54. The van der Waals surface area contributed by atoms with Gasteiger partial charge < -0.3 is 5.73 Å². The van der Waals surface area contributed by atoms with Crippen LogP contribution in [0.15, 0.2) is 29.8 Å².